The van der Waals surface area contributed by atoms with Crippen molar-refractivity contribution in [2.24, 2.45) is 5.92 Å². The highest BCUT2D eigenvalue weighted by atomic mass is 32.2. The van der Waals surface area contributed by atoms with Gasteiger partial charge in [0.05, 0.1) is 5.75 Å². The summed E-state index contributed by atoms with van der Waals surface area (Å²) in [4.78, 5) is 11.7. The van der Waals surface area contributed by atoms with Gasteiger partial charge < -0.3 is 5.32 Å². The van der Waals surface area contributed by atoms with Crippen molar-refractivity contribution in [1.29, 1.82) is 0 Å². The van der Waals surface area contributed by atoms with Gasteiger partial charge in [-0.15, -0.1) is 0 Å². The Hall–Kier alpha value is -1.40. The number of carbonyl (C=O) groups excluding carboxylic acids is 1. The van der Waals surface area contributed by atoms with E-state index in [0.717, 1.165) is 6.42 Å². The summed E-state index contributed by atoms with van der Waals surface area (Å²) >= 11 is 0. The van der Waals surface area contributed by atoms with E-state index in [1.165, 1.54) is 0 Å². The van der Waals surface area contributed by atoms with E-state index in [1.807, 2.05) is 13.8 Å². The molecule has 0 heterocycles. The molecule has 0 unspecified atom stereocenters. The van der Waals surface area contributed by atoms with Crippen LogP contribution >= 0.6 is 0 Å². The summed E-state index contributed by atoms with van der Waals surface area (Å²) in [7, 11) is -3.37. The molecule has 0 saturated carbocycles. The minimum Gasteiger partial charge on any atom is -0.326 e. The van der Waals surface area contributed by atoms with Crippen LogP contribution in [0.4, 0.5) is 5.69 Å². The maximum atomic E-state index is 12.0. The van der Waals surface area contributed by atoms with E-state index in [4.69, 9.17) is 0 Å². The first-order valence-corrected chi connectivity index (χ1v) is 8.78. The minimum atomic E-state index is -3.37. The number of anilines is 1. The number of sulfonamides is 1. The van der Waals surface area contributed by atoms with Gasteiger partial charge in [0.2, 0.25) is 15.9 Å². The topological polar surface area (TPSA) is 75.3 Å². The molecule has 21 heavy (non-hydrogen) atoms. The number of rotatable bonds is 7. The highest BCUT2D eigenvalue weighted by molar-refractivity contribution is 7.88. The number of amides is 1. The normalized spacial score (nSPS) is 13.2. The zero-order chi connectivity index (χ0) is 16.0. The van der Waals surface area contributed by atoms with Gasteiger partial charge in [0.15, 0.2) is 0 Å². The van der Waals surface area contributed by atoms with Crippen molar-refractivity contribution in [3.8, 4) is 0 Å². The molecule has 0 spiro atoms. The molecule has 0 aliphatic heterocycles. The molecular weight excluding hydrogens is 288 g/mol. The van der Waals surface area contributed by atoms with Crippen LogP contribution in [0.15, 0.2) is 24.3 Å². The second-order valence-electron chi connectivity index (χ2n) is 5.53. The van der Waals surface area contributed by atoms with Crippen molar-refractivity contribution >= 4 is 21.6 Å². The van der Waals surface area contributed by atoms with E-state index < -0.39 is 10.0 Å². The van der Waals surface area contributed by atoms with Crippen molar-refractivity contribution in [3.63, 3.8) is 0 Å². The predicted molar refractivity (Wildman–Crippen MR) is 85.4 cm³/mol. The molecule has 0 fully saturated rings. The fourth-order valence-electron chi connectivity index (χ4n) is 1.68. The zero-order valence-electron chi connectivity index (χ0n) is 13.0. The molecular formula is C15H24N2O3S. The van der Waals surface area contributed by atoms with Gasteiger partial charge in [0.25, 0.3) is 0 Å². The van der Waals surface area contributed by atoms with Crippen LogP contribution in [0.5, 0.6) is 0 Å². The van der Waals surface area contributed by atoms with E-state index >= 15 is 0 Å². The quantitative estimate of drug-likeness (QED) is 0.812. The molecule has 0 aliphatic rings. The standard InChI is InChI=1S/C15H24N2O3S/c1-5-12(4)17-21(19,20)10-13-7-6-8-14(9-13)16-15(18)11(2)3/h6-9,11-12,17H,5,10H2,1-4H3,(H,16,18)/t12-/m0/s1. The summed E-state index contributed by atoms with van der Waals surface area (Å²) in [6.07, 6.45) is 0.740. The molecule has 1 aromatic carbocycles. The first-order chi connectivity index (χ1) is 9.73. The maximum absolute atomic E-state index is 12.0. The van der Waals surface area contributed by atoms with Gasteiger partial charge in [-0.25, -0.2) is 13.1 Å². The second kappa shape index (κ2) is 7.56. The fourth-order valence-corrected chi connectivity index (χ4v) is 3.16. The van der Waals surface area contributed by atoms with Crippen LogP contribution in [0.25, 0.3) is 0 Å². The number of hydrogen-bond acceptors (Lipinski definition) is 3. The Kier molecular flexibility index (Phi) is 6.36. The SMILES string of the molecule is CC[C@H](C)NS(=O)(=O)Cc1cccc(NC(=O)C(C)C)c1. The van der Waals surface area contributed by atoms with Crippen LogP contribution in [0, 0.1) is 5.92 Å². The van der Waals surface area contributed by atoms with Crippen LogP contribution < -0.4 is 10.0 Å². The molecule has 2 N–H and O–H groups in total. The predicted octanol–water partition coefficient (Wildman–Crippen LogP) is 2.50. The molecule has 0 aliphatic carbocycles. The number of benzene rings is 1. The molecule has 6 heteroatoms. The van der Waals surface area contributed by atoms with Crippen molar-refractivity contribution in [3.05, 3.63) is 29.8 Å². The highest BCUT2D eigenvalue weighted by Gasteiger charge is 2.15. The molecule has 1 atom stereocenters. The lowest BCUT2D eigenvalue weighted by Crippen LogP contribution is -2.33. The van der Waals surface area contributed by atoms with Gasteiger partial charge in [-0.3, -0.25) is 4.79 Å². The molecule has 1 amide bonds. The van der Waals surface area contributed by atoms with E-state index in [0.29, 0.717) is 11.3 Å². The lowest BCUT2D eigenvalue weighted by molar-refractivity contribution is -0.118. The Balaban J connectivity index is 2.79. The average molecular weight is 312 g/mol. The second-order valence-corrected chi connectivity index (χ2v) is 7.28. The molecule has 1 rings (SSSR count). The minimum absolute atomic E-state index is 0.0844. The smallest absolute Gasteiger partial charge is 0.226 e. The summed E-state index contributed by atoms with van der Waals surface area (Å²) in [6.45, 7) is 7.37. The molecule has 1 aromatic rings. The Morgan fingerprint density at radius 1 is 1.24 bits per heavy atom. The molecule has 0 aromatic heterocycles. The first-order valence-electron chi connectivity index (χ1n) is 7.13. The van der Waals surface area contributed by atoms with Gasteiger partial charge in [-0.2, -0.15) is 0 Å². The van der Waals surface area contributed by atoms with Crippen molar-refractivity contribution in [2.45, 2.75) is 45.9 Å². The largest absolute Gasteiger partial charge is 0.326 e. The number of hydrogen-bond donors (Lipinski definition) is 2. The van der Waals surface area contributed by atoms with Gasteiger partial charge in [-0.05, 0) is 31.0 Å². The molecule has 0 radical (unpaired) electrons. The van der Waals surface area contributed by atoms with Crippen LogP contribution in [-0.4, -0.2) is 20.4 Å². The zero-order valence-corrected chi connectivity index (χ0v) is 13.8. The third-order valence-corrected chi connectivity index (χ3v) is 4.54. The van der Waals surface area contributed by atoms with Gasteiger partial charge >= 0.3 is 0 Å². The monoisotopic (exact) mass is 312 g/mol. The van der Waals surface area contributed by atoms with Gasteiger partial charge in [-0.1, -0.05) is 32.9 Å². The fraction of sp³-hybridized carbons (Fsp3) is 0.533. The van der Waals surface area contributed by atoms with Crippen molar-refractivity contribution < 1.29 is 13.2 Å². The summed E-state index contributed by atoms with van der Waals surface area (Å²) in [5.41, 5.74) is 1.26. The molecule has 5 nitrogen and oxygen atoms in total. The van der Waals surface area contributed by atoms with Crippen molar-refractivity contribution in [1.82, 2.24) is 4.72 Å². The Labute approximate surface area is 127 Å². The Morgan fingerprint density at radius 2 is 1.90 bits per heavy atom. The first kappa shape index (κ1) is 17.7. The summed E-state index contributed by atoms with van der Waals surface area (Å²) < 4.78 is 26.6. The lowest BCUT2D eigenvalue weighted by atomic mass is 10.2. The summed E-state index contributed by atoms with van der Waals surface area (Å²) in [6, 6.07) is 6.83. The van der Waals surface area contributed by atoms with Crippen LogP contribution in [0.1, 0.15) is 39.7 Å². The van der Waals surface area contributed by atoms with Crippen LogP contribution in [0.3, 0.4) is 0 Å². The van der Waals surface area contributed by atoms with Crippen molar-refractivity contribution in [2.75, 3.05) is 5.32 Å². The van der Waals surface area contributed by atoms with E-state index in [-0.39, 0.29) is 23.6 Å². The Bertz CT molecular complexity index is 582. The Morgan fingerprint density at radius 3 is 2.48 bits per heavy atom. The van der Waals surface area contributed by atoms with E-state index in [1.54, 1.807) is 38.1 Å². The number of carbonyl (C=O) groups is 1. The van der Waals surface area contributed by atoms with Crippen LogP contribution in [-0.2, 0) is 20.6 Å². The summed E-state index contributed by atoms with van der Waals surface area (Å²) in [5.74, 6) is -0.305. The van der Waals surface area contributed by atoms with Gasteiger partial charge in [0, 0.05) is 17.6 Å². The molecule has 0 saturated heterocycles. The highest BCUT2D eigenvalue weighted by Crippen LogP contribution is 2.14. The lowest BCUT2D eigenvalue weighted by Gasteiger charge is -2.13. The van der Waals surface area contributed by atoms with Gasteiger partial charge in [0.1, 0.15) is 0 Å². The molecule has 0 bridgehead atoms. The number of nitrogens with one attached hydrogen (secondary N) is 2. The molecule has 118 valence electrons. The summed E-state index contributed by atoms with van der Waals surface area (Å²) in [5, 5.41) is 2.77. The van der Waals surface area contributed by atoms with E-state index in [9.17, 15) is 13.2 Å². The third kappa shape index (κ3) is 6.27. The third-order valence-electron chi connectivity index (χ3n) is 3.07. The average Bonchev–Trinajstić information content (AvgIpc) is 2.37. The maximum Gasteiger partial charge on any atom is 0.226 e. The van der Waals surface area contributed by atoms with Crippen LogP contribution in [0.2, 0.25) is 0 Å². The van der Waals surface area contributed by atoms with E-state index in [2.05, 4.69) is 10.0 Å².